The van der Waals surface area contributed by atoms with Crippen LogP contribution in [0.25, 0.3) is 0 Å². The number of carboxylic acids is 1. The zero-order valence-corrected chi connectivity index (χ0v) is 8.80. The topological polar surface area (TPSA) is 71.5 Å². The lowest BCUT2D eigenvalue weighted by molar-refractivity contribution is 0.0692. The minimum Gasteiger partial charge on any atom is -0.476 e. The smallest absolute Gasteiger partial charge is 0.357 e. The Hall–Kier alpha value is -1.14. The van der Waals surface area contributed by atoms with Gasteiger partial charge in [0, 0.05) is 13.2 Å². The lowest BCUT2D eigenvalue weighted by Gasteiger charge is -2.12. The molecular formula is C8H12N2O3S. The van der Waals surface area contributed by atoms with Crippen LogP contribution in [0.5, 0.6) is 0 Å². The van der Waals surface area contributed by atoms with E-state index in [2.05, 4.69) is 10.3 Å². The number of aromatic carboxylic acids is 1. The summed E-state index contributed by atoms with van der Waals surface area (Å²) < 4.78 is 4.93. The van der Waals surface area contributed by atoms with Gasteiger partial charge in [-0.05, 0) is 6.92 Å². The quantitative estimate of drug-likeness (QED) is 0.776. The zero-order chi connectivity index (χ0) is 10.6. The molecule has 1 rings (SSSR count). The van der Waals surface area contributed by atoms with Crippen LogP contribution in [0.15, 0.2) is 5.51 Å². The first-order valence-electron chi connectivity index (χ1n) is 4.07. The first-order chi connectivity index (χ1) is 6.65. The minimum atomic E-state index is -1.02. The number of carbonyl (C=O) groups is 1. The molecule has 0 saturated carbocycles. The molecule has 0 aliphatic carbocycles. The number of nitrogens with one attached hydrogen (secondary N) is 1. The molecule has 1 aromatic heterocycles. The fourth-order valence-corrected chi connectivity index (χ4v) is 1.80. The number of methoxy groups -OCH3 is 1. The van der Waals surface area contributed by atoms with Gasteiger partial charge in [0.25, 0.3) is 0 Å². The van der Waals surface area contributed by atoms with E-state index in [9.17, 15) is 4.79 Å². The molecule has 0 fully saturated rings. The molecule has 0 spiro atoms. The standard InChI is InChI=1S/C8H12N2O3S/c1-5(3-13-2)10-7-6(8(11)12)9-4-14-7/h4-5,10H,3H2,1-2H3,(H,11,12). The molecule has 1 aromatic rings. The third-order valence-electron chi connectivity index (χ3n) is 1.56. The SMILES string of the molecule is COCC(C)Nc1scnc1C(=O)O. The molecule has 78 valence electrons. The summed E-state index contributed by atoms with van der Waals surface area (Å²) in [5.41, 5.74) is 1.57. The van der Waals surface area contributed by atoms with Crippen LogP contribution in [0.3, 0.4) is 0 Å². The number of rotatable bonds is 5. The molecule has 0 radical (unpaired) electrons. The van der Waals surface area contributed by atoms with Crippen LogP contribution in [-0.2, 0) is 4.74 Å². The summed E-state index contributed by atoms with van der Waals surface area (Å²) >= 11 is 1.27. The number of nitrogens with zero attached hydrogens (tertiary/aromatic N) is 1. The molecule has 0 amide bonds. The maximum atomic E-state index is 10.7. The van der Waals surface area contributed by atoms with Gasteiger partial charge in [-0.3, -0.25) is 0 Å². The van der Waals surface area contributed by atoms with Crippen molar-refractivity contribution in [2.75, 3.05) is 19.0 Å². The second-order valence-electron chi connectivity index (χ2n) is 2.84. The highest BCUT2D eigenvalue weighted by molar-refractivity contribution is 7.14. The fraction of sp³-hybridized carbons (Fsp3) is 0.500. The highest BCUT2D eigenvalue weighted by atomic mass is 32.1. The van der Waals surface area contributed by atoms with Gasteiger partial charge in [-0.1, -0.05) is 0 Å². The van der Waals surface area contributed by atoms with Crippen LogP contribution < -0.4 is 5.32 Å². The highest BCUT2D eigenvalue weighted by Gasteiger charge is 2.14. The lowest BCUT2D eigenvalue weighted by Crippen LogP contribution is -2.21. The second-order valence-corrected chi connectivity index (χ2v) is 3.69. The Balaban J connectivity index is 2.66. The van der Waals surface area contributed by atoms with Gasteiger partial charge in [-0.2, -0.15) is 0 Å². The van der Waals surface area contributed by atoms with E-state index >= 15 is 0 Å². The Kier molecular flexibility index (Phi) is 3.84. The third kappa shape index (κ3) is 2.68. The van der Waals surface area contributed by atoms with Crippen molar-refractivity contribution in [3.63, 3.8) is 0 Å². The molecule has 2 N–H and O–H groups in total. The van der Waals surface area contributed by atoms with Crippen LogP contribution in [-0.4, -0.2) is 35.8 Å². The maximum absolute atomic E-state index is 10.7. The van der Waals surface area contributed by atoms with Crippen molar-refractivity contribution in [3.05, 3.63) is 11.2 Å². The molecule has 0 bridgehead atoms. The summed E-state index contributed by atoms with van der Waals surface area (Å²) in [7, 11) is 1.60. The van der Waals surface area contributed by atoms with E-state index in [-0.39, 0.29) is 11.7 Å². The van der Waals surface area contributed by atoms with Gasteiger partial charge in [0.05, 0.1) is 12.1 Å². The predicted molar refractivity (Wildman–Crippen MR) is 54.0 cm³/mol. The molecule has 0 aliphatic heterocycles. The predicted octanol–water partition coefficient (Wildman–Crippen LogP) is 1.29. The normalized spacial score (nSPS) is 12.4. The van der Waals surface area contributed by atoms with E-state index < -0.39 is 5.97 Å². The summed E-state index contributed by atoms with van der Waals surface area (Å²) in [5.74, 6) is -1.02. The number of aromatic nitrogens is 1. The Morgan fingerprint density at radius 1 is 1.86 bits per heavy atom. The molecule has 1 atom stereocenters. The average molecular weight is 216 g/mol. The van der Waals surface area contributed by atoms with E-state index in [0.717, 1.165) is 0 Å². The Labute approximate surface area is 85.7 Å². The van der Waals surface area contributed by atoms with Gasteiger partial charge < -0.3 is 15.2 Å². The summed E-state index contributed by atoms with van der Waals surface area (Å²) in [6.07, 6.45) is 0. The van der Waals surface area contributed by atoms with Crippen molar-refractivity contribution in [1.29, 1.82) is 0 Å². The fourth-order valence-electron chi connectivity index (χ4n) is 1.02. The largest absolute Gasteiger partial charge is 0.476 e. The van der Waals surface area contributed by atoms with Crippen LogP contribution >= 0.6 is 11.3 Å². The van der Waals surface area contributed by atoms with Crippen LogP contribution in [0.1, 0.15) is 17.4 Å². The first kappa shape index (κ1) is 10.9. The third-order valence-corrected chi connectivity index (χ3v) is 2.32. The van der Waals surface area contributed by atoms with Crippen molar-refractivity contribution in [1.82, 2.24) is 4.98 Å². The Bertz CT molecular complexity index is 313. The molecule has 6 heteroatoms. The van der Waals surface area contributed by atoms with Crippen molar-refractivity contribution in [2.45, 2.75) is 13.0 Å². The monoisotopic (exact) mass is 216 g/mol. The van der Waals surface area contributed by atoms with Gasteiger partial charge in [0.15, 0.2) is 5.69 Å². The van der Waals surface area contributed by atoms with Gasteiger partial charge >= 0.3 is 5.97 Å². The Morgan fingerprint density at radius 3 is 3.14 bits per heavy atom. The van der Waals surface area contributed by atoms with Gasteiger partial charge in [0.1, 0.15) is 5.00 Å². The van der Waals surface area contributed by atoms with Crippen LogP contribution in [0, 0.1) is 0 Å². The molecule has 0 aromatic carbocycles. The van der Waals surface area contributed by atoms with Crippen molar-refractivity contribution in [2.24, 2.45) is 0 Å². The van der Waals surface area contributed by atoms with Gasteiger partial charge in [-0.25, -0.2) is 9.78 Å². The van der Waals surface area contributed by atoms with E-state index in [0.29, 0.717) is 11.6 Å². The first-order valence-corrected chi connectivity index (χ1v) is 4.95. The number of anilines is 1. The molecule has 1 heterocycles. The number of carboxylic acid groups (broad SMARTS) is 1. The lowest BCUT2D eigenvalue weighted by atomic mass is 10.3. The number of hydrogen-bond acceptors (Lipinski definition) is 5. The average Bonchev–Trinajstić information content (AvgIpc) is 2.52. The highest BCUT2D eigenvalue weighted by Crippen LogP contribution is 2.20. The second kappa shape index (κ2) is 4.92. The molecule has 0 saturated heterocycles. The summed E-state index contributed by atoms with van der Waals surface area (Å²) in [6.45, 7) is 2.44. The Morgan fingerprint density at radius 2 is 2.57 bits per heavy atom. The molecule has 5 nitrogen and oxygen atoms in total. The number of hydrogen-bond donors (Lipinski definition) is 2. The van der Waals surface area contributed by atoms with Gasteiger partial charge in [-0.15, -0.1) is 11.3 Å². The van der Waals surface area contributed by atoms with E-state index in [4.69, 9.17) is 9.84 Å². The van der Waals surface area contributed by atoms with Crippen LogP contribution in [0.2, 0.25) is 0 Å². The van der Waals surface area contributed by atoms with Crippen molar-refractivity contribution in [3.8, 4) is 0 Å². The van der Waals surface area contributed by atoms with Crippen molar-refractivity contribution < 1.29 is 14.6 Å². The summed E-state index contributed by atoms with van der Waals surface area (Å²) in [6, 6.07) is 0.0681. The van der Waals surface area contributed by atoms with Crippen molar-refractivity contribution >= 4 is 22.3 Å². The molecule has 1 unspecified atom stereocenters. The van der Waals surface area contributed by atoms with Gasteiger partial charge in [0.2, 0.25) is 0 Å². The summed E-state index contributed by atoms with van der Waals surface area (Å²) in [5, 5.41) is 12.4. The maximum Gasteiger partial charge on any atom is 0.357 e. The van der Waals surface area contributed by atoms with E-state index in [1.807, 2.05) is 6.92 Å². The molecule has 0 aliphatic rings. The zero-order valence-electron chi connectivity index (χ0n) is 7.98. The number of thiazole rings is 1. The summed E-state index contributed by atoms with van der Waals surface area (Å²) in [4.78, 5) is 14.4. The van der Waals surface area contributed by atoms with E-state index in [1.165, 1.54) is 16.8 Å². The number of ether oxygens (including phenoxy) is 1. The van der Waals surface area contributed by atoms with Crippen LogP contribution in [0.4, 0.5) is 5.00 Å². The molecular weight excluding hydrogens is 204 g/mol. The van der Waals surface area contributed by atoms with E-state index in [1.54, 1.807) is 7.11 Å². The molecule has 14 heavy (non-hydrogen) atoms. The minimum absolute atomic E-state index is 0.0675.